The van der Waals surface area contributed by atoms with E-state index >= 15 is 0 Å². The molecule has 7 nitrogen and oxygen atoms in total. The van der Waals surface area contributed by atoms with Crippen LogP contribution in [-0.2, 0) is 4.74 Å². The van der Waals surface area contributed by atoms with Gasteiger partial charge in [-0.1, -0.05) is 18.2 Å². The molecule has 0 spiro atoms. The minimum absolute atomic E-state index is 0.292. The van der Waals surface area contributed by atoms with Crippen molar-refractivity contribution in [2.75, 3.05) is 49.8 Å². The lowest BCUT2D eigenvalue weighted by Crippen LogP contribution is -2.37. The van der Waals surface area contributed by atoms with Gasteiger partial charge in [0.2, 0.25) is 0 Å². The van der Waals surface area contributed by atoms with Gasteiger partial charge in [-0.2, -0.15) is 0 Å². The molecule has 4 N–H and O–H groups in total. The van der Waals surface area contributed by atoms with E-state index in [9.17, 15) is 0 Å². The van der Waals surface area contributed by atoms with Crippen molar-refractivity contribution in [3.63, 3.8) is 0 Å². The van der Waals surface area contributed by atoms with E-state index in [1.807, 2.05) is 36.4 Å². The molecule has 1 saturated heterocycles. The molecule has 1 fully saturated rings. The Morgan fingerprint density at radius 3 is 2.46 bits per heavy atom. The fourth-order valence-electron chi connectivity index (χ4n) is 2.47. The number of anilines is 3. The Hall–Kier alpha value is -2.80. The quantitative estimate of drug-likeness (QED) is 0.881. The van der Waals surface area contributed by atoms with Crippen molar-refractivity contribution >= 4 is 29.5 Å². The minimum Gasteiger partial charge on any atom is -0.497 e. The van der Waals surface area contributed by atoms with Crippen molar-refractivity contribution < 1.29 is 9.47 Å². The topological polar surface area (TPSA) is 99.5 Å². The van der Waals surface area contributed by atoms with Crippen molar-refractivity contribution in [2.24, 2.45) is 0 Å². The summed E-state index contributed by atoms with van der Waals surface area (Å²) in [5.41, 5.74) is 13.4. The lowest BCUT2D eigenvalue weighted by atomic mass is 10.2. The van der Waals surface area contributed by atoms with Crippen LogP contribution in [0.15, 0.2) is 24.3 Å². The third-order valence-electron chi connectivity index (χ3n) is 3.82. The molecule has 1 aliphatic rings. The van der Waals surface area contributed by atoms with E-state index in [2.05, 4.69) is 14.9 Å². The normalized spacial score (nSPS) is 15.0. The third-order valence-corrected chi connectivity index (χ3v) is 3.82. The van der Waals surface area contributed by atoms with E-state index in [4.69, 9.17) is 20.9 Å². The van der Waals surface area contributed by atoms with Crippen LogP contribution in [0.25, 0.3) is 12.2 Å². The van der Waals surface area contributed by atoms with E-state index in [1.165, 1.54) is 0 Å². The van der Waals surface area contributed by atoms with Gasteiger partial charge in [0.1, 0.15) is 11.4 Å². The minimum atomic E-state index is 0.292. The summed E-state index contributed by atoms with van der Waals surface area (Å²) >= 11 is 0. The maximum Gasteiger partial charge on any atom is 0.158 e. The molecule has 2 heterocycles. The zero-order chi connectivity index (χ0) is 16.9. The van der Waals surface area contributed by atoms with Crippen LogP contribution in [0.3, 0.4) is 0 Å². The average molecular weight is 327 g/mol. The fourth-order valence-corrected chi connectivity index (χ4v) is 2.47. The molecule has 24 heavy (non-hydrogen) atoms. The first-order valence-corrected chi connectivity index (χ1v) is 7.75. The van der Waals surface area contributed by atoms with Gasteiger partial charge in [0.15, 0.2) is 17.5 Å². The van der Waals surface area contributed by atoms with E-state index in [0.717, 1.165) is 24.4 Å². The second kappa shape index (κ2) is 7.18. The Kier molecular flexibility index (Phi) is 4.81. The summed E-state index contributed by atoms with van der Waals surface area (Å²) in [7, 11) is 1.64. The highest BCUT2D eigenvalue weighted by Crippen LogP contribution is 2.26. The van der Waals surface area contributed by atoms with Gasteiger partial charge < -0.3 is 25.8 Å². The molecule has 0 atom stereocenters. The second-order valence-corrected chi connectivity index (χ2v) is 5.41. The average Bonchev–Trinajstić information content (AvgIpc) is 2.63. The SMILES string of the molecule is COc1ccc(/C=C/c2nc(N)c(N)c(N3CCOCC3)n2)cc1. The first-order chi connectivity index (χ1) is 11.7. The number of nitrogens with two attached hydrogens (primary N) is 2. The lowest BCUT2D eigenvalue weighted by molar-refractivity contribution is 0.122. The van der Waals surface area contributed by atoms with Crippen molar-refractivity contribution in [1.82, 2.24) is 9.97 Å². The van der Waals surface area contributed by atoms with Gasteiger partial charge in [0.25, 0.3) is 0 Å². The number of aromatic nitrogens is 2. The molecular weight excluding hydrogens is 306 g/mol. The molecule has 1 aromatic heterocycles. The summed E-state index contributed by atoms with van der Waals surface area (Å²) in [6, 6.07) is 7.71. The number of nitrogen functional groups attached to an aromatic ring is 2. The zero-order valence-corrected chi connectivity index (χ0v) is 13.6. The highest BCUT2D eigenvalue weighted by Gasteiger charge is 2.18. The monoisotopic (exact) mass is 327 g/mol. The molecule has 126 valence electrons. The Morgan fingerprint density at radius 2 is 1.79 bits per heavy atom. The number of nitrogens with zero attached hydrogens (tertiary/aromatic N) is 3. The first-order valence-electron chi connectivity index (χ1n) is 7.75. The number of rotatable bonds is 4. The predicted molar refractivity (Wildman–Crippen MR) is 95.8 cm³/mol. The van der Waals surface area contributed by atoms with Gasteiger partial charge in [-0.05, 0) is 23.8 Å². The van der Waals surface area contributed by atoms with Crippen LogP contribution < -0.4 is 21.1 Å². The van der Waals surface area contributed by atoms with E-state index < -0.39 is 0 Å². The van der Waals surface area contributed by atoms with Gasteiger partial charge in [-0.3, -0.25) is 0 Å². The van der Waals surface area contributed by atoms with Crippen LogP contribution in [0.2, 0.25) is 0 Å². The number of hydrogen-bond acceptors (Lipinski definition) is 7. The van der Waals surface area contributed by atoms with Crippen LogP contribution in [0.1, 0.15) is 11.4 Å². The number of hydrogen-bond donors (Lipinski definition) is 2. The van der Waals surface area contributed by atoms with Gasteiger partial charge in [0.05, 0.1) is 20.3 Å². The smallest absolute Gasteiger partial charge is 0.158 e. The standard InChI is InChI=1S/C17H21N5O2/c1-23-13-5-2-12(3-6-13)4-7-14-20-16(19)15(18)17(21-14)22-8-10-24-11-9-22/h2-7H,8-11,18H2,1H3,(H2,19,20,21)/b7-4+. The Labute approximate surface area is 140 Å². The molecule has 0 radical (unpaired) electrons. The summed E-state index contributed by atoms with van der Waals surface area (Å²) in [6.07, 6.45) is 3.75. The van der Waals surface area contributed by atoms with Gasteiger partial charge in [-0.15, -0.1) is 0 Å². The largest absolute Gasteiger partial charge is 0.497 e. The summed E-state index contributed by atoms with van der Waals surface area (Å²) in [4.78, 5) is 10.9. The van der Waals surface area contributed by atoms with Crippen LogP contribution in [0, 0.1) is 0 Å². The van der Waals surface area contributed by atoms with Crippen LogP contribution in [0.5, 0.6) is 5.75 Å². The second-order valence-electron chi connectivity index (χ2n) is 5.41. The highest BCUT2D eigenvalue weighted by molar-refractivity contribution is 5.76. The van der Waals surface area contributed by atoms with Crippen molar-refractivity contribution in [1.29, 1.82) is 0 Å². The third kappa shape index (κ3) is 3.57. The molecule has 0 amide bonds. The molecule has 0 unspecified atom stereocenters. The number of benzene rings is 1. The molecular formula is C17H21N5O2. The Morgan fingerprint density at radius 1 is 1.08 bits per heavy atom. The molecule has 7 heteroatoms. The van der Waals surface area contributed by atoms with Gasteiger partial charge >= 0.3 is 0 Å². The first kappa shape index (κ1) is 16.1. The van der Waals surface area contributed by atoms with Crippen molar-refractivity contribution in [3.8, 4) is 5.75 Å². The maximum absolute atomic E-state index is 6.05. The summed E-state index contributed by atoms with van der Waals surface area (Å²) in [5, 5.41) is 0. The van der Waals surface area contributed by atoms with E-state index in [-0.39, 0.29) is 0 Å². The summed E-state index contributed by atoms with van der Waals surface area (Å²) < 4.78 is 10.5. The maximum atomic E-state index is 6.05. The van der Waals surface area contributed by atoms with Crippen molar-refractivity contribution in [3.05, 3.63) is 35.7 Å². The predicted octanol–water partition coefficient (Wildman–Crippen LogP) is 1.66. The summed E-state index contributed by atoms with van der Waals surface area (Å²) in [5.74, 6) is 2.30. The highest BCUT2D eigenvalue weighted by atomic mass is 16.5. The molecule has 0 bridgehead atoms. The van der Waals surface area contributed by atoms with Gasteiger partial charge in [-0.25, -0.2) is 9.97 Å². The summed E-state index contributed by atoms with van der Waals surface area (Å²) in [6.45, 7) is 2.78. The Bertz CT molecular complexity index is 725. The van der Waals surface area contributed by atoms with E-state index in [1.54, 1.807) is 7.11 Å². The van der Waals surface area contributed by atoms with Crippen LogP contribution >= 0.6 is 0 Å². The molecule has 0 saturated carbocycles. The Balaban J connectivity index is 1.84. The number of methoxy groups -OCH3 is 1. The molecule has 2 aromatic rings. The van der Waals surface area contributed by atoms with Crippen molar-refractivity contribution in [2.45, 2.75) is 0 Å². The molecule has 1 aromatic carbocycles. The zero-order valence-electron chi connectivity index (χ0n) is 13.6. The van der Waals surface area contributed by atoms with Crippen LogP contribution in [0.4, 0.5) is 17.3 Å². The number of ether oxygens (including phenoxy) is 2. The lowest BCUT2D eigenvalue weighted by Gasteiger charge is -2.29. The molecule has 0 aliphatic carbocycles. The van der Waals surface area contributed by atoms with Gasteiger partial charge in [0, 0.05) is 13.1 Å². The molecule has 1 aliphatic heterocycles. The van der Waals surface area contributed by atoms with Crippen LogP contribution in [-0.4, -0.2) is 43.4 Å². The molecule has 3 rings (SSSR count). The fraction of sp³-hybridized carbons (Fsp3) is 0.294. The van der Waals surface area contributed by atoms with E-state index in [0.29, 0.717) is 36.4 Å². The number of morpholine rings is 1.